The van der Waals surface area contributed by atoms with Gasteiger partial charge >= 0.3 is 0 Å². The molecule has 0 saturated carbocycles. The van der Waals surface area contributed by atoms with Crippen molar-refractivity contribution in [2.24, 2.45) is 4.99 Å². The Morgan fingerprint density at radius 2 is 1.62 bits per heavy atom. The van der Waals surface area contributed by atoms with E-state index in [0.717, 1.165) is 34.9 Å². The number of aliphatic imine (C=N–C) groups is 1. The topological polar surface area (TPSA) is 34.1 Å². The molecule has 0 aliphatic carbocycles. The van der Waals surface area contributed by atoms with Crippen LogP contribution in [0.2, 0.25) is 0 Å². The molecule has 32 heavy (non-hydrogen) atoms. The lowest BCUT2D eigenvalue weighted by molar-refractivity contribution is 0.389. The van der Waals surface area contributed by atoms with Crippen LogP contribution in [0, 0.1) is 6.92 Å². The Hall–Kier alpha value is -3.27. The van der Waals surface area contributed by atoms with Gasteiger partial charge in [0.15, 0.2) is 0 Å². The third kappa shape index (κ3) is 4.50. The third-order valence-electron chi connectivity index (χ3n) is 6.43. The van der Waals surface area contributed by atoms with Gasteiger partial charge in [-0.25, -0.2) is 0 Å². The second kappa shape index (κ2) is 8.70. The minimum absolute atomic E-state index is 0.120. The van der Waals surface area contributed by atoms with Gasteiger partial charge < -0.3 is 14.4 Å². The maximum atomic E-state index is 5.91. The molecule has 4 heteroatoms. The van der Waals surface area contributed by atoms with Crippen LogP contribution in [0.25, 0.3) is 0 Å². The zero-order chi connectivity index (χ0) is 22.9. The number of benzene rings is 3. The van der Waals surface area contributed by atoms with Gasteiger partial charge in [0, 0.05) is 36.1 Å². The fourth-order valence-electron chi connectivity index (χ4n) is 4.38. The summed E-state index contributed by atoms with van der Waals surface area (Å²) < 4.78 is 11.6. The zero-order valence-corrected chi connectivity index (χ0v) is 19.8. The van der Waals surface area contributed by atoms with Crippen molar-refractivity contribution in [2.45, 2.75) is 45.6 Å². The van der Waals surface area contributed by atoms with Gasteiger partial charge in [0.2, 0.25) is 0 Å². The van der Waals surface area contributed by atoms with E-state index in [-0.39, 0.29) is 5.54 Å². The Morgan fingerprint density at radius 3 is 2.25 bits per heavy atom. The van der Waals surface area contributed by atoms with Crippen molar-refractivity contribution in [1.82, 2.24) is 0 Å². The first-order valence-corrected chi connectivity index (χ1v) is 11.1. The first-order valence-electron chi connectivity index (χ1n) is 11.1. The predicted molar refractivity (Wildman–Crippen MR) is 133 cm³/mol. The molecule has 3 aromatic carbocycles. The monoisotopic (exact) mass is 428 g/mol. The molecule has 0 radical (unpaired) electrons. The van der Waals surface area contributed by atoms with Crippen molar-refractivity contribution < 1.29 is 9.47 Å². The molecule has 0 bridgehead atoms. The van der Waals surface area contributed by atoms with E-state index in [9.17, 15) is 0 Å². The van der Waals surface area contributed by atoms with E-state index in [2.05, 4.69) is 51.8 Å². The van der Waals surface area contributed by atoms with Crippen molar-refractivity contribution in [1.29, 1.82) is 0 Å². The Balaban J connectivity index is 1.55. The molecule has 0 aromatic heterocycles. The van der Waals surface area contributed by atoms with Crippen LogP contribution in [0.1, 0.15) is 49.8 Å². The number of hydrogen-bond acceptors (Lipinski definition) is 4. The second-order valence-corrected chi connectivity index (χ2v) is 9.30. The number of ether oxygens (including phenoxy) is 2. The Kier molecular flexibility index (Phi) is 5.96. The van der Waals surface area contributed by atoms with Crippen LogP contribution in [0.5, 0.6) is 17.2 Å². The first-order chi connectivity index (χ1) is 15.3. The minimum atomic E-state index is 0.120. The molecular weight excluding hydrogens is 396 g/mol. The first kappa shape index (κ1) is 21.9. The Morgan fingerprint density at radius 1 is 1.00 bits per heavy atom. The number of anilines is 1. The minimum Gasteiger partial charge on any atom is -0.496 e. The van der Waals surface area contributed by atoms with E-state index in [1.54, 1.807) is 7.11 Å². The van der Waals surface area contributed by atoms with Gasteiger partial charge in [0.05, 0.1) is 12.8 Å². The van der Waals surface area contributed by atoms with Gasteiger partial charge in [0.1, 0.15) is 17.2 Å². The molecule has 0 amide bonds. The van der Waals surface area contributed by atoms with Gasteiger partial charge in [0.25, 0.3) is 0 Å². The van der Waals surface area contributed by atoms with E-state index in [0.29, 0.717) is 5.92 Å². The number of fused-ring (bicyclic) bond motifs is 1. The standard InChI is InChI=1S/C28H32N2O2/c1-19-7-11-23(12-8-19)32-24-13-9-22(10-14-24)29-18-21-15-25-20(2)17-28(3,4)30(5)26(25)16-27(21)31-6/h7-16,18,20H,17H2,1-6H3. The van der Waals surface area contributed by atoms with Crippen molar-refractivity contribution in [2.75, 3.05) is 19.1 Å². The summed E-state index contributed by atoms with van der Waals surface area (Å²) in [5.74, 6) is 2.93. The van der Waals surface area contributed by atoms with Crippen molar-refractivity contribution >= 4 is 17.6 Å². The van der Waals surface area contributed by atoms with Crippen LogP contribution in [-0.2, 0) is 0 Å². The average Bonchev–Trinajstić information content (AvgIpc) is 2.78. The number of hydrogen-bond donors (Lipinski definition) is 0. The SMILES string of the molecule is COc1cc2c(cc1C=Nc1ccc(Oc3ccc(C)cc3)cc1)C(C)CC(C)(C)N2C. The molecule has 1 unspecified atom stereocenters. The summed E-state index contributed by atoms with van der Waals surface area (Å²) in [6.07, 6.45) is 3.00. The van der Waals surface area contributed by atoms with Crippen LogP contribution in [0.4, 0.5) is 11.4 Å². The molecular formula is C28H32N2O2. The number of nitrogens with zero attached hydrogens (tertiary/aromatic N) is 2. The lowest BCUT2D eigenvalue weighted by atomic mass is 9.80. The molecule has 4 rings (SSSR count). The molecule has 1 aliphatic heterocycles. The fourth-order valence-corrected chi connectivity index (χ4v) is 4.38. The van der Waals surface area contributed by atoms with E-state index >= 15 is 0 Å². The van der Waals surface area contributed by atoms with Crippen LogP contribution < -0.4 is 14.4 Å². The smallest absolute Gasteiger partial charge is 0.129 e. The van der Waals surface area contributed by atoms with Crippen LogP contribution in [0.3, 0.4) is 0 Å². The highest BCUT2D eigenvalue weighted by atomic mass is 16.5. The van der Waals surface area contributed by atoms with Gasteiger partial charge in [-0.1, -0.05) is 24.6 Å². The molecule has 166 valence electrons. The highest BCUT2D eigenvalue weighted by molar-refractivity contribution is 5.87. The van der Waals surface area contributed by atoms with Gasteiger partial charge in [-0.05, 0) is 81.1 Å². The van der Waals surface area contributed by atoms with E-state index in [1.165, 1.54) is 16.8 Å². The van der Waals surface area contributed by atoms with Crippen molar-refractivity contribution in [3.05, 3.63) is 77.4 Å². The summed E-state index contributed by atoms with van der Waals surface area (Å²) in [5, 5.41) is 0. The van der Waals surface area contributed by atoms with Crippen LogP contribution in [0.15, 0.2) is 65.7 Å². The van der Waals surface area contributed by atoms with Crippen molar-refractivity contribution in [3.63, 3.8) is 0 Å². The van der Waals surface area contributed by atoms with E-state index in [1.807, 2.05) is 54.7 Å². The normalized spacial score (nSPS) is 17.3. The Labute approximate surface area is 191 Å². The van der Waals surface area contributed by atoms with Gasteiger partial charge in [-0.3, -0.25) is 4.99 Å². The van der Waals surface area contributed by atoms with E-state index in [4.69, 9.17) is 14.5 Å². The molecule has 0 saturated heterocycles. The van der Waals surface area contributed by atoms with Crippen LogP contribution in [-0.4, -0.2) is 25.9 Å². The van der Waals surface area contributed by atoms with Crippen molar-refractivity contribution in [3.8, 4) is 17.2 Å². The quantitative estimate of drug-likeness (QED) is 0.401. The number of rotatable bonds is 5. The molecule has 3 aromatic rings. The molecule has 1 aliphatic rings. The Bertz CT molecular complexity index is 1120. The van der Waals surface area contributed by atoms with Gasteiger partial charge in [-0.15, -0.1) is 0 Å². The molecule has 1 atom stereocenters. The summed E-state index contributed by atoms with van der Waals surface area (Å²) in [6.45, 7) is 8.95. The third-order valence-corrected chi connectivity index (χ3v) is 6.43. The largest absolute Gasteiger partial charge is 0.496 e. The van der Waals surface area contributed by atoms with Crippen LogP contribution >= 0.6 is 0 Å². The highest BCUT2D eigenvalue weighted by Crippen LogP contribution is 2.44. The lowest BCUT2D eigenvalue weighted by Crippen LogP contribution is -2.45. The highest BCUT2D eigenvalue weighted by Gasteiger charge is 2.34. The average molecular weight is 429 g/mol. The van der Waals surface area contributed by atoms with Gasteiger partial charge in [-0.2, -0.15) is 0 Å². The fraction of sp³-hybridized carbons (Fsp3) is 0.321. The predicted octanol–water partition coefficient (Wildman–Crippen LogP) is 7.27. The zero-order valence-electron chi connectivity index (χ0n) is 19.8. The molecule has 0 spiro atoms. The maximum Gasteiger partial charge on any atom is 0.129 e. The summed E-state index contributed by atoms with van der Waals surface area (Å²) in [5.41, 5.74) is 5.77. The summed E-state index contributed by atoms with van der Waals surface area (Å²) in [7, 11) is 3.88. The maximum absolute atomic E-state index is 5.91. The lowest BCUT2D eigenvalue weighted by Gasteiger charge is -2.45. The number of methoxy groups -OCH3 is 1. The summed E-state index contributed by atoms with van der Waals surface area (Å²) >= 11 is 0. The second-order valence-electron chi connectivity index (χ2n) is 9.30. The summed E-state index contributed by atoms with van der Waals surface area (Å²) in [6, 6.07) is 20.2. The molecule has 0 fully saturated rings. The number of aryl methyl sites for hydroxylation is 1. The van der Waals surface area contributed by atoms with E-state index < -0.39 is 0 Å². The molecule has 1 heterocycles. The summed E-state index contributed by atoms with van der Waals surface area (Å²) in [4.78, 5) is 7.05. The molecule has 0 N–H and O–H groups in total. The molecule has 4 nitrogen and oxygen atoms in total.